The average molecular weight is 297 g/mol. The summed E-state index contributed by atoms with van der Waals surface area (Å²) in [5.41, 5.74) is 5.47. The van der Waals surface area contributed by atoms with E-state index in [-0.39, 0.29) is 12.1 Å². The lowest BCUT2D eigenvalue weighted by molar-refractivity contribution is 0.0949. The van der Waals surface area contributed by atoms with Crippen LogP contribution in [0.15, 0.2) is 0 Å². The minimum atomic E-state index is -0.335. The topological polar surface area (TPSA) is 78.6 Å². The Bertz CT molecular complexity index is 331. The van der Waals surface area contributed by atoms with Crippen LogP contribution in [0.1, 0.15) is 51.9 Å². The fourth-order valence-corrected chi connectivity index (χ4v) is 3.80. The zero-order valence-corrected chi connectivity index (χ0v) is 13.3. The van der Waals surface area contributed by atoms with Crippen LogP contribution in [0.3, 0.4) is 0 Å². The van der Waals surface area contributed by atoms with E-state index in [1.807, 2.05) is 6.92 Å². The molecule has 0 radical (unpaired) electrons. The van der Waals surface area contributed by atoms with Gasteiger partial charge in [-0.3, -0.25) is 0 Å². The number of nitrogens with one attached hydrogen (secondary N) is 1. The van der Waals surface area contributed by atoms with Crippen LogP contribution in [0.2, 0.25) is 0 Å². The van der Waals surface area contributed by atoms with Crippen LogP contribution >= 0.6 is 0 Å². The summed E-state index contributed by atoms with van der Waals surface area (Å²) < 4.78 is 0. The van der Waals surface area contributed by atoms with E-state index in [2.05, 4.69) is 5.32 Å². The van der Waals surface area contributed by atoms with E-state index >= 15 is 0 Å². The molecule has 1 saturated carbocycles. The first-order chi connectivity index (χ1) is 10.1. The molecule has 2 amide bonds. The maximum absolute atomic E-state index is 11.5. The fraction of sp³-hybridized carbons (Fsp3) is 0.938. The molecule has 0 aromatic carbocycles. The number of rotatable bonds is 6. The molecule has 1 aliphatic carbocycles. The summed E-state index contributed by atoms with van der Waals surface area (Å²) in [4.78, 5) is 13.3. The Kier molecular flexibility index (Phi) is 6.30. The van der Waals surface area contributed by atoms with Crippen LogP contribution in [0.25, 0.3) is 0 Å². The van der Waals surface area contributed by atoms with Gasteiger partial charge >= 0.3 is 6.03 Å². The third kappa shape index (κ3) is 5.15. The maximum Gasteiger partial charge on any atom is 0.314 e. The molecular weight excluding hydrogens is 266 g/mol. The summed E-state index contributed by atoms with van der Waals surface area (Å²) in [6.07, 6.45) is 7.68. The van der Waals surface area contributed by atoms with Gasteiger partial charge in [-0.15, -0.1) is 0 Å². The summed E-state index contributed by atoms with van der Waals surface area (Å²) in [7, 11) is 0. The molecule has 21 heavy (non-hydrogen) atoms. The van der Waals surface area contributed by atoms with E-state index < -0.39 is 0 Å². The molecule has 5 nitrogen and oxygen atoms in total. The minimum absolute atomic E-state index is 0.265. The molecule has 3 unspecified atom stereocenters. The lowest BCUT2D eigenvalue weighted by Crippen LogP contribution is -2.53. The molecule has 2 aliphatic rings. The molecule has 2 rings (SSSR count). The number of carbonyl (C=O) groups excluding carboxylic acids is 1. The smallest absolute Gasteiger partial charge is 0.314 e. The van der Waals surface area contributed by atoms with Crippen molar-refractivity contribution in [2.75, 3.05) is 19.6 Å². The van der Waals surface area contributed by atoms with Crippen molar-refractivity contribution in [3.05, 3.63) is 0 Å². The molecule has 4 N–H and O–H groups in total. The molecule has 0 spiro atoms. The normalized spacial score (nSPS) is 28.8. The Hall–Kier alpha value is -0.810. The zero-order chi connectivity index (χ0) is 15.2. The number of aliphatic hydroxyl groups excluding tert-OH is 1. The molecule has 0 aromatic rings. The second-order valence-corrected chi connectivity index (χ2v) is 6.90. The molecule has 1 saturated heterocycles. The van der Waals surface area contributed by atoms with Crippen molar-refractivity contribution >= 4 is 6.03 Å². The van der Waals surface area contributed by atoms with E-state index in [0.29, 0.717) is 25.0 Å². The number of likely N-dealkylation sites (tertiary alicyclic amines) is 1. The number of hydrogen-bond acceptors (Lipinski definition) is 3. The first-order valence-corrected chi connectivity index (χ1v) is 8.54. The predicted molar refractivity (Wildman–Crippen MR) is 83.9 cm³/mol. The molecular formula is C16H31N3O2. The molecule has 122 valence electrons. The molecule has 3 atom stereocenters. The number of nitrogens with two attached hydrogens (primary N) is 1. The van der Waals surface area contributed by atoms with Crippen LogP contribution in [0, 0.1) is 11.8 Å². The first kappa shape index (κ1) is 16.6. The number of piperidine rings is 1. The lowest BCUT2D eigenvalue weighted by atomic mass is 9.88. The molecule has 0 bridgehead atoms. The molecule has 2 fully saturated rings. The molecule has 0 aromatic heterocycles. The largest absolute Gasteiger partial charge is 0.393 e. The summed E-state index contributed by atoms with van der Waals surface area (Å²) in [6, 6.07) is -0.0146. The van der Waals surface area contributed by atoms with Crippen molar-refractivity contribution < 1.29 is 9.90 Å². The van der Waals surface area contributed by atoms with Gasteiger partial charge in [0.05, 0.1) is 6.10 Å². The number of aliphatic hydroxyl groups is 1. The Balaban J connectivity index is 1.84. The van der Waals surface area contributed by atoms with Gasteiger partial charge in [-0.25, -0.2) is 4.79 Å². The fourth-order valence-electron chi connectivity index (χ4n) is 3.80. The van der Waals surface area contributed by atoms with Crippen LogP contribution < -0.4 is 11.1 Å². The molecule has 1 heterocycles. The van der Waals surface area contributed by atoms with Gasteiger partial charge in [0.15, 0.2) is 0 Å². The van der Waals surface area contributed by atoms with Gasteiger partial charge in [0.1, 0.15) is 0 Å². The Morgan fingerprint density at radius 2 is 2.05 bits per heavy atom. The number of hydrogen-bond donors (Lipinski definition) is 3. The number of primary amides is 1. The summed E-state index contributed by atoms with van der Waals surface area (Å²) in [5.74, 6) is 1.15. The van der Waals surface area contributed by atoms with E-state index in [4.69, 9.17) is 5.73 Å². The number of nitrogens with zero attached hydrogens (tertiary/aromatic N) is 1. The highest BCUT2D eigenvalue weighted by Crippen LogP contribution is 2.26. The second-order valence-electron chi connectivity index (χ2n) is 6.90. The number of urea groups is 1. The van der Waals surface area contributed by atoms with Gasteiger partial charge in [0, 0.05) is 19.1 Å². The average Bonchev–Trinajstić information content (AvgIpc) is 2.98. The van der Waals surface area contributed by atoms with Crippen molar-refractivity contribution in [2.45, 2.75) is 64.0 Å². The first-order valence-electron chi connectivity index (χ1n) is 8.54. The monoisotopic (exact) mass is 297 g/mol. The van der Waals surface area contributed by atoms with Gasteiger partial charge < -0.3 is 21.1 Å². The van der Waals surface area contributed by atoms with Crippen LogP contribution in [0.5, 0.6) is 0 Å². The van der Waals surface area contributed by atoms with Crippen LogP contribution in [0.4, 0.5) is 4.79 Å². The zero-order valence-electron chi connectivity index (χ0n) is 13.3. The van der Waals surface area contributed by atoms with E-state index in [9.17, 15) is 9.90 Å². The predicted octanol–water partition coefficient (Wildman–Crippen LogP) is 1.70. The van der Waals surface area contributed by atoms with E-state index in [1.165, 1.54) is 25.7 Å². The van der Waals surface area contributed by atoms with E-state index in [1.54, 1.807) is 4.90 Å². The summed E-state index contributed by atoms with van der Waals surface area (Å²) in [6.45, 7) is 4.45. The quantitative estimate of drug-likeness (QED) is 0.698. The van der Waals surface area contributed by atoms with E-state index in [0.717, 1.165) is 31.7 Å². The summed E-state index contributed by atoms with van der Waals surface area (Å²) in [5, 5.41) is 13.5. The van der Waals surface area contributed by atoms with Crippen LogP contribution in [-0.4, -0.2) is 47.8 Å². The highest BCUT2D eigenvalue weighted by molar-refractivity contribution is 5.72. The maximum atomic E-state index is 11.5. The second kappa shape index (κ2) is 7.99. The van der Waals surface area contributed by atoms with Crippen molar-refractivity contribution in [2.24, 2.45) is 17.6 Å². The van der Waals surface area contributed by atoms with Crippen molar-refractivity contribution in [3.8, 4) is 0 Å². The lowest BCUT2D eigenvalue weighted by Gasteiger charge is -2.38. The molecule has 5 heteroatoms. The van der Waals surface area contributed by atoms with Crippen molar-refractivity contribution in [3.63, 3.8) is 0 Å². The van der Waals surface area contributed by atoms with Gasteiger partial charge in [-0.1, -0.05) is 19.8 Å². The minimum Gasteiger partial charge on any atom is -0.393 e. The number of amides is 2. The third-order valence-electron chi connectivity index (χ3n) is 5.10. The Labute approximate surface area is 128 Å². The third-order valence-corrected chi connectivity index (χ3v) is 5.10. The van der Waals surface area contributed by atoms with Gasteiger partial charge in [0.2, 0.25) is 0 Å². The number of carbonyl (C=O) groups is 1. The van der Waals surface area contributed by atoms with Gasteiger partial charge in [-0.05, 0) is 50.5 Å². The standard InChI is InChI=1S/C16H31N3O2/c1-2-15(20)8-13-7-14(11-19(10-13)16(17)21)18-9-12-5-3-4-6-12/h12-15,18,20H,2-11H2,1H3,(H2,17,21). The van der Waals surface area contributed by atoms with Gasteiger partial charge in [-0.2, -0.15) is 0 Å². The van der Waals surface area contributed by atoms with Crippen molar-refractivity contribution in [1.29, 1.82) is 0 Å². The Morgan fingerprint density at radius 3 is 2.67 bits per heavy atom. The summed E-state index contributed by atoms with van der Waals surface area (Å²) >= 11 is 0. The Morgan fingerprint density at radius 1 is 1.33 bits per heavy atom. The highest BCUT2D eigenvalue weighted by atomic mass is 16.3. The molecule has 1 aliphatic heterocycles. The van der Waals surface area contributed by atoms with Crippen molar-refractivity contribution in [1.82, 2.24) is 10.2 Å². The van der Waals surface area contributed by atoms with Gasteiger partial charge in [0.25, 0.3) is 0 Å². The SMILES string of the molecule is CCC(O)CC1CC(NCC2CCCC2)CN(C(N)=O)C1. The van der Waals surface area contributed by atoms with Crippen LogP contribution in [-0.2, 0) is 0 Å². The highest BCUT2D eigenvalue weighted by Gasteiger charge is 2.30.